The minimum Gasteiger partial charge on any atom is -0.493 e. The van der Waals surface area contributed by atoms with Gasteiger partial charge in [-0.15, -0.1) is 0 Å². The highest BCUT2D eigenvalue weighted by Crippen LogP contribution is 2.31. The molecular weight excluding hydrogens is 344 g/mol. The SMILES string of the molecule is COc1ccccc1Oc1ccc(NC(=O)CCc2c(C)noc2C)cc1. The van der Waals surface area contributed by atoms with Crippen molar-refractivity contribution in [3.8, 4) is 17.2 Å². The number of aryl methyl sites for hydroxylation is 2. The maximum atomic E-state index is 12.2. The van der Waals surface area contributed by atoms with E-state index in [0.29, 0.717) is 35.8 Å². The van der Waals surface area contributed by atoms with Gasteiger partial charge >= 0.3 is 0 Å². The molecule has 0 aliphatic carbocycles. The Kier molecular flexibility index (Phi) is 5.76. The third kappa shape index (κ3) is 4.67. The Labute approximate surface area is 158 Å². The molecule has 0 atom stereocenters. The van der Waals surface area contributed by atoms with Crippen LogP contribution in [-0.2, 0) is 11.2 Å². The molecular formula is C21H22N2O4. The largest absolute Gasteiger partial charge is 0.493 e. The lowest BCUT2D eigenvalue weighted by Crippen LogP contribution is -2.12. The molecule has 1 aromatic heterocycles. The van der Waals surface area contributed by atoms with Gasteiger partial charge in [0.1, 0.15) is 11.5 Å². The molecule has 3 rings (SSSR count). The maximum Gasteiger partial charge on any atom is 0.224 e. The lowest BCUT2D eigenvalue weighted by atomic mass is 10.1. The molecule has 3 aromatic rings. The van der Waals surface area contributed by atoms with Crippen LogP contribution in [0.1, 0.15) is 23.4 Å². The van der Waals surface area contributed by atoms with Crippen LogP contribution in [0.15, 0.2) is 53.1 Å². The van der Waals surface area contributed by atoms with E-state index < -0.39 is 0 Å². The second-order valence-electron chi connectivity index (χ2n) is 6.13. The molecule has 0 saturated heterocycles. The Morgan fingerprint density at radius 3 is 2.41 bits per heavy atom. The summed E-state index contributed by atoms with van der Waals surface area (Å²) < 4.78 is 16.2. The van der Waals surface area contributed by atoms with Gasteiger partial charge in [0.2, 0.25) is 5.91 Å². The Balaban J connectivity index is 1.56. The molecule has 0 bridgehead atoms. The number of methoxy groups -OCH3 is 1. The van der Waals surface area contributed by atoms with Crippen molar-refractivity contribution >= 4 is 11.6 Å². The number of nitrogens with one attached hydrogen (secondary N) is 1. The zero-order valence-corrected chi connectivity index (χ0v) is 15.6. The van der Waals surface area contributed by atoms with Crippen LogP contribution in [0.25, 0.3) is 0 Å². The predicted octanol–water partition coefficient (Wildman–Crippen LogP) is 4.66. The lowest BCUT2D eigenvalue weighted by Gasteiger charge is -2.11. The fourth-order valence-corrected chi connectivity index (χ4v) is 2.76. The summed E-state index contributed by atoms with van der Waals surface area (Å²) in [6.45, 7) is 3.73. The van der Waals surface area contributed by atoms with Gasteiger partial charge in [-0.2, -0.15) is 0 Å². The van der Waals surface area contributed by atoms with Gasteiger partial charge in [0.25, 0.3) is 0 Å². The quantitative estimate of drug-likeness (QED) is 0.658. The molecule has 2 aromatic carbocycles. The second-order valence-corrected chi connectivity index (χ2v) is 6.13. The number of anilines is 1. The van der Waals surface area contributed by atoms with E-state index in [1.54, 1.807) is 31.4 Å². The summed E-state index contributed by atoms with van der Waals surface area (Å²) in [6.07, 6.45) is 0.963. The zero-order chi connectivity index (χ0) is 19.2. The number of aromatic nitrogens is 1. The van der Waals surface area contributed by atoms with Crippen molar-refractivity contribution in [1.82, 2.24) is 5.16 Å². The normalized spacial score (nSPS) is 10.5. The highest BCUT2D eigenvalue weighted by atomic mass is 16.5. The van der Waals surface area contributed by atoms with Crippen molar-refractivity contribution < 1.29 is 18.8 Å². The van der Waals surface area contributed by atoms with Crippen molar-refractivity contribution in [2.45, 2.75) is 26.7 Å². The smallest absolute Gasteiger partial charge is 0.224 e. The summed E-state index contributed by atoms with van der Waals surface area (Å²) >= 11 is 0. The van der Waals surface area contributed by atoms with Crippen LogP contribution in [0, 0.1) is 13.8 Å². The third-order valence-corrected chi connectivity index (χ3v) is 4.22. The monoisotopic (exact) mass is 366 g/mol. The number of hydrogen-bond donors (Lipinski definition) is 1. The van der Waals surface area contributed by atoms with Gasteiger partial charge in [-0.25, -0.2) is 0 Å². The molecule has 0 spiro atoms. The van der Waals surface area contributed by atoms with E-state index in [1.807, 2.05) is 38.1 Å². The van der Waals surface area contributed by atoms with Crippen molar-refractivity contribution in [1.29, 1.82) is 0 Å². The molecule has 0 unspecified atom stereocenters. The van der Waals surface area contributed by atoms with Gasteiger partial charge < -0.3 is 19.3 Å². The molecule has 0 aliphatic rings. The number of hydrogen-bond acceptors (Lipinski definition) is 5. The average molecular weight is 366 g/mol. The number of rotatable bonds is 7. The van der Waals surface area contributed by atoms with Gasteiger partial charge in [0.05, 0.1) is 12.8 Å². The number of amides is 1. The Bertz CT molecular complexity index is 897. The molecule has 1 amide bonds. The molecule has 1 N–H and O–H groups in total. The van der Waals surface area contributed by atoms with Crippen LogP contribution in [0.3, 0.4) is 0 Å². The van der Waals surface area contributed by atoms with Crippen LogP contribution in [0.4, 0.5) is 5.69 Å². The lowest BCUT2D eigenvalue weighted by molar-refractivity contribution is -0.116. The van der Waals surface area contributed by atoms with Gasteiger partial charge in [-0.3, -0.25) is 4.79 Å². The standard InChI is InChI=1S/C21H22N2O4/c1-14-18(15(2)27-23-14)12-13-21(24)22-16-8-10-17(11-9-16)26-20-7-5-4-6-19(20)25-3/h4-11H,12-13H2,1-3H3,(H,22,24). The van der Waals surface area contributed by atoms with Gasteiger partial charge in [0.15, 0.2) is 11.5 Å². The molecule has 140 valence electrons. The van der Waals surface area contributed by atoms with Crippen molar-refractivity contribution in [2.24, 2.45) is 0 Å². The van der Waals surface area contributed by atoms with E-state index in [9.17, 15) is 4.79 Å². The van der Waals surface area contributed by atoms with Crippen molar-refractivity contribution in [3.63, 3.8) is 0 Å². The van der Waals surface area contributed by atoms with E-state index in [4.69, 9.17) is 14.0 Å². The summed E-state index contributed by atoms with van der Waals surface area (Å²) in [5.74, 6) is 2.66. The molecule has 0 aliphatic heterocycles. The average Bonchev–Trinajstić information content (AvgIpc) is 3.00. The first-order chi connectivity index (χ1) is 13.1. The third-order valence-electron chi connectivity index (χ3n) is 4.22. The maximum absolute atomic E-state index is 12.2. The number of nitrogens with zero attached hydrogens (tertiary/aromatic N) is 1. The summed E-state index contributed by atoms with van der Waals surface area (Å²) in [5.41, 5.74) is 2.54. The van der Waals surface area contributed by atoms with Crippen LogP contribution in [-0.4, -0.2) is 18.2 Å². The Hall–Kier alpha value is -3.28. The van der Waals surface area contributed by atoms with Crippen LogP contribution >= 0.6 is 0 Å². The molecule has 0 radical (unpaired) electrons. The van der Waals surface area contributed by atoms with E-state index in [0.717, 1.165) is 17.0 Å². The summed E-state index contributed by atoms with van der Waals surface area (Å²) in [5, 5.41) is 6.79. The van der Waals surface area contributed by atoms with Crippen LogP contribution < -0.4 is 14.8 Å². The fraction of sp³-hybridized carbons (Fsp3) is 0.238. The Morgan fingerprint density at radius 1 is 1.07 bits per heavy atom. The van der Waals surface area contributed by atoms with E-state index in [-0.39, 0.29) is 5.91 Å². The van der Waals surface area contributed by atoms with Gasteiger partial charge in [-0.05, 0) is 56.7 Å². The zero-order valence-electron chi connectivity index (χ0n) is 15.6. The van der Waals surface area contributed by atoms with Crippen LogP contribution in [0.2, 0.25) is 0 Å². The predicted molar refractivity (Wildman–Crippen MR) is 102 cm³/mol. The summed E-state index contributed by atoms with van der Waals surface area (Å²) in [6, 6.07) is 14.6. The first kappa shape index (κ1) is 18.5. The molecule has 1 heterocycles. The first-order valence-electron chi connectivity index (χ1n) is 8.69. The second kappa shape index (κ2) is 8.40. The minimum atomic E-state index is -0.0617. The van der Waals surface area contributed by atoms with E-state index in [1.165, 1.54) is 0 Å². The number of carbonyl (C=O) groups excluding carboxylic acids is 1. The van der Waals surface area contributed by atoms with Crippen LogP contribution in [0.5, 0.6) is 17.2 Å². The van der Waals surface area contributed by atoms with Gasteiger partial charge in [0, 0.05) is 17.7 Å². The van der Waals surface area contributed by atoms with Gasteiger partial charge in [-0.1, -0.05) is 17.3 Å². The number of para-hydroxylation sites is 2. The minimum absolute atomic E-state index is 0.0617. The van der Waals surface area contributed by atoms with Crippen molar-refractivity contribution in [3.05, 3.63) is 65.5 Å². The molecule has 6 nitrogen and oxygen atoms in total. The topological polar surface area (TPSA) is 73.6 Å². The highest BCUT2D eigenvalue weighted by molar-refractivity contribution is 5.90. The summed E-state index contributed by atoms with van der Waals surface area (Å²) in [4.78, 5) is 12.2. The van der Waals surface area contributed by atoms with Crippen molar-refractivity contribution in [2.75, 3.05) is 12.4 Å². The fourth-order valence-electron chi connectivity index (χ4n) is 2.76. The summed E-state index contributed by atoms with van der Waals surface area (Å²) in [7, 11) is 1.60. The van der Waals surface area contributed by atoms with E-state index >= 15 is 0 Å². The Morgan fingerprint density at radius 2 is 1.78 bits per heavy atom. The molecule has 27 heavy (non-hydrogen) atoms. The van der Waals surface area contributed by atoms with E-state index in [2.05, 4.69) is 10.5 Å². The molecule has 0 fully saturated rings. The number of ether oxygens (including phenoxy) is 2. The first-order valence-corrected chi connectivity index (χ1v) is 8.69. The number of carbonyl (C=O) groups is 1. The number of benzene rings is 2. The highest BCUT2D eigenvalue weighted by Gasteiger charge is 2.11. The molecule has 6 heteroatoms. The molecule has 0 saturated carbocycles.